The Kier molecular flexibility index (Phi) is 6.88. The summed E-state index contributed by atoms with van der Waals surface area (Å²) in [5.41, 5.74) is 0.339. The van der Waals surface area contributed by atoms with Gasteiger partial charge in [0.05, 0.1) is 25.5 Å². The van der Waals surface area contributed by atoms with E-state index in [1.54, 1.807) is 22.5 Å². The second-order valence-corrected chi connectivity index (χ2v) is 8.99. The minimum atomic E-state index is -3.39. The average molecular weight is 384 g/mol. The van der Waals surface area contributed by atoms with Gasteiger partial charge in [-0.1, -0.05) is 13.8 Å². The Morgan fingerprint density at radius 3 is 2.42 bits per heavy atom. The number of sulfonamides is 1. The number of hydrogen-bond acceptors (Lipinski definition) is 5. The van der Waals surface area contributed by atoms with E-state index < -0.39 is 10.0 Å². The maximum absolute atomic E-state index is 12.5. The third-order valence-corrected chi connectivity index (χ3v) is 6.33. The van der Waals surface area contributed by atoms with Gasteiger partial charge in [0.2, 0.25) is 10.0 Å². The summed E-state index contributed by atoms with van der Waals surface area (Å²) in [5.74, 6) is 1.17. The molecule has 8 heteroatoms. The summed E-state index contributed by atoms with van der Waals surface area (Å²) in [7, 11) is -0.390. The molecule has 146 valence electrons. The quantitative estimate of drug-likeness (QED) is 0.774. The number of hydrogen-bond donors (Lipinski definition) is 1. The van der Waals surface area contributed by atoms with Crippen LogP contribution in [0.15, 0.2) is 18.2 Å². The van der Waals surface area contributed by atoms with Gasteiger partial charge in [-0.3, -0.25) is 4.79 Å². The molecule has 1 aromatic carbocycles. The highest BCUT2D eigenvalue weighted by molar-refractivity contribution is 7.89. The Morgan fingerprint density at radius 1 is 1.19 bits per heavy atom. The zero-order valence-electron chi connectivity index (χ0n) is 15.8. The van der Waals surface area contributed by atoms with Crippen LogP contribution in [0.4, 0.5) is 0 Å². The number of amides is 1. The minimum absolute atomic E-state index is 0.0512. The fourth-order valence-electron chi connectivity index (χ4n) is 3.34. The number of benzene rings is 1. The van der Waals surface area contributed by atoms with Gasteiger partial charge in [-0.15, -0.1) is 0 Å². The van der Waals surface area contributed by atoms with Crippen molar-refractivity contribution < 1.29 is 22.7 Å². The summed E-state index contributed by atoms with van der Waals surface area (Å²) >= 11 is 0. The van der Waals surface area contributed by atoms with Crippen molar-refractivity contribution in [2.24, 2.45) is 11.8 Å². The van der Waals surface area contributed by atoms with Crippen LogP contribution in [0, 0.1) is 11.8 Å². The van der Waals surface area contributed by atoms with Gasteiger partial charge in [-0.05, 0) is 30.4 Å². The Bertz CT molecular complexity index is 725. The molecule has 1 amide bonds. The van der Waals surface area contributed by atoms with Crippen LogP contribution in [0.25, 0.3) is 0 Å². The molecule has 1 aromatic rings. The van der Waals surface area contributed by atoms with Gasteiger partial charge in [0.25, 0.3) is 5.91 Å². The molecule has 0 radical (unpaired) electrons. The molecule has 0 unspecified atom stereocenters. The molecule has 7 nitrogen and oxygen atoms in total. The van der Waals surface area contributed by atoms with Crippen LogP contribution in [0.2, 0.25) is 0 Å². The first-order valence-corrected chi connectivity index (χ1v) is 10.4. The van der Waals surface area contributed by atoms with E-state index in [1.165, 1.54) is 14.2 Å². The van der Waals surface area contributed by atoms with Crippen LogP contribution in [0.5, 0.6) is 11.5 Å². The fourth-order valence-corrected chi connectivity index (χ4v) is 4.92. The van der Waals surface area contributed by atoms with Gasteiger partial charge >= 0.3 is 0 Å². The molecule has 1 aliphatic rings. The summed E-state index contributed by atoms with van der Waals surface area (Å²) in [4.78, 5) is 12.3. The van der Waals surface area contributed by atoms with Gasteiger partial charge in [0.15, 0.2) is 0 Å². The van der Waals surface area contributed by atoms with E-state index in [1.807, 2.05) is 0 Å². The van der Waals surface area contributed by atoms with E-state index in [9.17, 15) is 13.2 Å². The zero-order chi connectivity index (χ0) is 19.3. The number of piperidine rings is 1. The van der Waals surface area contributed by atoms with E-state index in [0.29, 0.717) is 42.0 Å². The first kappa shape index (κ1) is 20.5. The zero-order valence-corrected chi connectivity index (χ0v) is 16.6. The molecule has 2 atom stereocenters. The molecule has 0 aromatic heterocycles. The first-order chi connectivity index (χ1) is 12.3. The summed E-state index contributed by atoms with van der Waals surface area (Å²) in [6, 6.07) is 4.86. The third kappa shape index (κ3) is 5.11. The molecular weight excluding hydrogens is 356 g/mol. The normalized spacial score (nSPS) is 21.2. The van der Waals surface area contributed by atoms with Crippen LogP contribution in [0.1, 0.15) is 30.6 Å². The highest BCUT2D eigenvalue weighted by Gasteiger charge is 2.30. The lowest BCUT2D eigenvalue weighted by Gasteiger charge is -2.34. The van der Waals surface area contributed by atoms with Crippen LogP contribution >= 0.6 is 0 Å². The Morgan fingerprint density at radius 2 is 1.85 bits per heavy atom. The maximum Gasteiger partial charge on any atom is 0.255 e. The molecule has 0 aliphatic carbocycles. The van der Waals surface area contributed by atoms with Crippen LogP contribution < -0.4 is 14.8 Å². The standard InChI is InChI=1S/C18H28N2O5S/c1-13-9-14(2)12-20(11-13)26(22,23)8-7-19-18(21)16-6-5-15(24-3)10-17(16)25-4/h5-6,10,13-14H,7-9,11-12H2,1-4H3,(H,19,21)/t13-,14-/m0/s1. The Balaban J connectivity index is 1.95. The van der Waals surface area contributed by atoms with Gasteiger partial charge in [-0.2, -0.15) is 0 Å². The number of carbonyl (C=O) groups is 1. The van der Waals surface area contributed by atoms with Gasteiger partial charge in [0.1, 0.15) is 11.5 Å². The first-order valence-electron chi connectivity index (χ1n) is 8.75. The fraction of sp³-hybridized carbons (Fsp3) is 0.611. The summed E-state index contributed by atoms with van der Waals surface area (Å²) in [5, 5.41) is 2.66. The van der Waals surface area contributed by atoms with Crippen LogP contribution in [-0.2, 0) is 10.0 Å². The van der Waals surface area contributed by atoms with Gasteiger partial charge < -0.3 is 14.8 Å². The van der Waals surface area contributed by atoms with Crippen molar-refractivity contribution in [2.75, 3.05) is 39.6 Å². The predicted octanol–water partition coefficient (Wildman–Crippen LogP) is 1.74. The molecule has 2 rings (SSSR count). The second-order valence-electron chi connectivity index (χ2n) is 6.90. The van der Waals surface area contributed by atoms with Crippen molar-refractivity contribution in [3.05, 3.63) is 23.8 Å². The van der Waals surface area contributed by atoms with Crippen molar-refractivity contribution in [3.63, 3.8) is 0 Å². The molecule has 26 heavy (non-hydrogen) atoms. The Labute approximate surface area is 155 Å². The number of nitrogens with zero attached hydrogens (tertiary/aromatic N) is 1. The highest BCUT2D eigenvalue weighted by atomic mass is 32.2. The highest BCUT2D eigenvalue weighted by Crippen LogP contribution is 2.25. The lowest BCUT2D eigenvalue weighted by molar-refractivity contribution is 0.0953. The maximum atomic E-state index is 12.5. The molecule has 0 bridgehead atoms. The number of methoxy groups -OCH3 is 2. The SMILES string of the molecule is COc1ccc(C(=O)NCCS(=O)(=O)N2C[C@@H](C)C[C@H](C)C2)c(OC)c1. The molecule has 1 aliphatic heterocycles. The number of ether oxygens (including phenoxy) is 2. The van der Waals surface area contributed by atoms with Crippen LogP contribution in [-0.4, -0.2) is 58.2 Å². The second kappa shape index (κ2) is 8.73. The molecule has 1 fully saturated rings. The minimum Gasteiger partial charge on any atom is -0.497 e. The summed E-state index contributed by atoms with van der Waals surface area (Å²) < 4.78 is 36.9. The van der Waals surface area contributed by atoms with Gasteiger partial charge in [-0.25, -0.2) is 12.7 Å². The molecular formula is C18H28N2O5S. The van der Waals surface area contributed by atoms with Crippen molar-refractivity contribution in [1.82, 2.24) is 9.62 Å². The van der Waals surface area contributed by atoms with Crippen LogP contribution in [0.3, 0.4) is 0 Å². The van der Waals surface area contributed by atoms with Gasteiger partial charge in [0, 0.05) is 25.7 Å². The smallest absolute Gasteiger partial charge is 0.255 e. The van der Waals surface area contributed by atoms with E-state index >= 15 is 0 Å². The molecule has 1 N–H and O–H groups in total. The monoisotopic (exact) mass is 384 g/mol. The molecule has 1 heterocycles. The van der Waals surface area contributed by atoms with Crippen molar-refractivity contribution in [3.8, 4) is 11.5 Å². The predicted molar refractivity (Wildman–Crippen MR) is 100 cm³/mol. The van der Waals surface area contributed by atoms with E-state index in [2.05, 4.69) is 19.2 Å². The topological polar surface area (TPSA) is 84.9 Å². The number of rotatable bonds is 7. The average Bonchev–Trinajstić information content (AvgIpc) is 2.60. The van der Waals surface area contributed by atoms with Crippen molar-refractivity contribution in [2.45, 2.75) is 20.3 Å². The van der Waals surface area contributed by atoms with Crippen molar-refractivity contribution in [1.29, 1.82) is 0 Å². The van der Waals surface area contributed by atoms with E-state index in [0.717, 1.165) is 6.42 Å². The lowest BCUT2D eigenvalue weighted by atomic mass is 9.94. The third-order valence-electron chi connectivity index (χ3n) is 4.53. The lowest BCUT2D eigenvalue weighted by Crippen LogP contribution is -2.45. The molecule has 0 spiro atoms. The largest absolute Gasteiger partial charge is 0.497 e. The summed E-state index contributed by atoms with van der Waals surface area (Å²) in [6.07, 6.45) is 1.04. The molecule has 1 saturated heterocycles. The van der Waals surface area contributed by atoms with E-state index in [4.69, 9.17) is 9.47 Å². The Hall–Kier alpha value is -1.80. The van der Waals surface area contributed by atoms with E-state index in [-0.39, 0.29) is 18.2 Å². The molecule has 0 saturated carbocycles. The summed E-state index contributed by atoms with van der Waals surface area (Å²) in [6.45, 7) is 5.28. The number of nitrogens with one attached hydrogen (secondary N) is 1. The van der Waals surface area contributed by atoms with Crippen molar-refractivity contribution >= 4 is 15.9 Å². The number of carbonyl (C=O) groups excluding carboxylic acids is 1.